The number of carbonyl (C=O) groups is 1. The van der Waals surface area contributed by atoms with E-state index in [1.54, 1.807) is 0 Å². The first-order valence-corrected chi connectivity index (χ1v) is 5.79. The molecule has 4 atom stereocenters. The van der Waals surface area contributed by atoms with Crippen LogP contribution in [0.4, 0.5) is 0 Å². The molecule has 2 rings (SSSR count). The summed E-state index contributed by atoms with van der Waals surface area (Å²) in [6.07, 6.45) is 3.37. The van der Waals surface area contributed by atoms with Gasteiger partial charge < -0.3 is 10.8 Å². The van der Waals surface area contributed by atoms with Crippen LogP contribution in [0.25, 0.3) is 0 Å². The average Bonchev–Trinajstić information content (AvgIpc) is 2.47. The van der Waals surface area contributed by atoms with Crippen LogP contribution in [0.2, 0.25) is 0 Å². The average molecular weight is 211 g/mol. The van der Waals surface area contributed by atoms with Gasteiger partial charge in [0, 0.05) is 0 Å². The van der Waals surface area contributed by atoms with Crippen molar-refractivity contribution < 1.29 is 9.90 Å². The molecule has 3 N–H and O–H groups in total. The first-order valence-electron chi connectivity index (χ1n) is 5.79. The summed E-state index contributed by atoms with van der Waals surface area (Å²) in [5, 5.41) is 9.03. The van der Waals surface area contributed by atoms with E-state index >= 15 is 0 Å². The summed E-state index contributed by atoms with van der Waals surface area (Å²) in [4.78, 5) is 11.0. The third-order valence-electron chi connectivity index (χ3n) is 5.58. The molecule has 0 spiro atoms. The molecule has 3 heteroatoms. The van der Waals surface area contributed by atoms with Crippen LogP contribution in [-0.4, -0.2) is 17.1 Å². The van der Waals surface area contributed by atoms with E-state index < -0.39 is 12.0 Å². The van der Waals surface area contributed by atoms with Gasteiger partial charge in [0.2, 0.25) is 0 Å². The minimum absolute atomic E-state index is 0.121. The summed E-state index contributed by atoms with van der Waals surface area (Å²) in [5.41, 5.74) is 6.19. The number of hydrogen-bond donors (Lipinski definition) is 2. The Kier molecular flexibility index (Phi) is 2.16. The molecule has 0 aromatic rings. The topological polar surface area (TPSA) is 63.3 Å². The monoisotopic (exact) mass is 211 g/mol. The third kappa shape index (κ3) is 1.19. The van der Waals surface area contributed by atoms with E-state index in [1.165, 1.54) is 6.42 Å². The van der Waals surface area contributed by atoms with Gasteiger partial charge in [0.15, 0.2) is 0 Å². The normalized spacial score (nSPS) is 44.3. The van der Waals surface area contributed by atoms with Gasteiger partial charge >= 0.3 is 5.97 Å². The predicted molar refractivity (Wildman–Crippen MR) is 58.3 cm³/mol. The van der Waals surface area contributed by atoms with Crippen LogP contribution in [0.3, 0.4) is 0 Å². The lowest BCUT2D eigenvalue weighted by Crippen LogP contribution is -2.46. The van der Waals surface area contributed by atoms with E-state index in [-0.39, 0.29) is 16.7 Å². The fraction of sp³-hybridized carbons (Fsp3) is 0.917. The highest BCUT2D eigenvalue weighted by molar-refractivity contribution is 5.73. The zero-order valence-corrected chi connectivity index (χ0v) is 9.79. The molecular weight excluding hydrogens is 190 g/mol. The fourth-order valence-electron chi connectivity index (χ4n) is 3.98. The molecule has 0 amide bonds. The first kappa shape index (κ1) is 10.9. The van der Waals surface area contributed by atoms with Crippen molar-refractivity contribution in [2.45, 2.75) is 46.1 Å². The van der Waals surface area contributed by atoms with Crippen molar-refractivity contribution in [1.82, 2.24) is 0 Å². The Morgan fingerprint density at radius 1 is 1.47 bits per heavy atom. The molecule has 2 bridgehead atoms. The maximum Gasteiger partial charge on any atom is 0.320 e. The van der Waals surface area contributed by atoms with E-state index in [2.05, 4.69) is 20.8 Å². The van der Waals surface area contributed by atoms with Crippen LogP contribution in [-0.2, 0) is 4.79 Å². The SMILES string of the molecule is CC1(C)[C@H]2CC[C@]1(C)[C@H]([C@H](N)C(=O)O)C2. The molecule has 0 aliphatic heterocycles. The molecule has 0 heterocycles. The lowest BCUT2D eigenvalue weighted by Gasteiger charge is -2.40. The Hall–Kier alpha value is -0.570. The Labute approximate surface area is 91.0 Å². The molecular formula is C12H21NO2. The maximum absolute atomic E-state index is 11.0. The lowest BCUT2D eigenvalue weighted by molar-refractivity contribution is -0.141. The summed E-state index contributed by atoms with van der Waals surface area (Å²) in [7, 11) is 0. The fourth-order valence-corrected chi connectivity index (χ4v) is 3.98. The van der Waals surface area contributed by atoms with Gasteiger partial charge in [-0.15, -0.1) is 0 Å². The van der Waals surface area contributed by atoms with Crippen molar-refractivity contribution in [1.29, 1.82) is 0 Å². The van der Waals surface area contributed by atoms with E-state index in [0.29, 0.717) is 5.92 Å². The Balaban J connectivity index is 2.30. The van der Waals surface area contributed by atoms with Crippen LogP contribution in [0.1, 0.15) is 40.0 Å². The van der Waals surface area contributed by atoms with Gasteiger partial charge in [-0.3, -0.25) is 4.79 Å². The van der Waals surface area contributed by atoms with Crippen LogP contribution in [0.15, 0.2) is 0 Å². The molecule has 2 aliphatic rings. The number of aliphatic carboxylic acids is 1. The second-order valence-corrected chi connectivity index (χ2v) is 6.08. The van der Waals surface area contributed by atoms with Gasteiger partial charge in [-0.05, 0) is 41.9 Å². The Bertz CT molecular complexity index is 300. The molecule has 0 aromatic heterocycles. The summed E-state index contributed by atoms with van der Waals surface area (Å²) in [6, 6.07) is -0.681. The van der Waals surface area contributed by atoms with Crippen molar-refractivity contribution in [2.75, 3.05) is 0 Å². The third-order valence-corrected chi connectivity index (χ3v) is 5.58. The number of hydrogen-bond acceptors (Lipinski definition) is 2. The minimum atomic E-state index is -0.843. The van der Waals surface area contributed by atoms with E-state index in [0.717, 1.165) is 12.8 Å². The van der Waals surface area contributed by atoms with E-state index in [9.17, 15) is 4.79 Å². The van der Waals surface area contributed by atoms with Crippen LogP contribution in [0, 0.1) is 22.7 Å². The molecule has 2 aliphatic carbocycles. The van der Waals surface area contributed by atoms with E-state index in [4.69, 9.17) is 10.8 Å². The van der Waals surface area contributed by atoms with Gasteiger partial charge in [0.25, 0.3) is 0 Å². The van der Waals surface area contributed by atoms with Crippen molar-refractivity contribution in [3.05, 3.63) is 0 Å². The van der Waals surface area contributed by atoms with Crippen LogP contribution in [0.5, 0.6) is 0 Å². The molecule has 15 heavy (non-hydrogen) atoms. The van der Waals surface area contributed by atoms with Crippen molar-refractivity contribution >= 4 is 5.97 Å². The summed E-state index contributed by atoms with van der Waals surface area (Å²) in [5.74, 6) is -0.0220. The van der Waals surface area contributed by atoms with Gasteiger partial charge in [-0.25, -0.2) is 0 Å². The Morgan fingerprint density at radius 2 is 2.07 bits per heavy atom. The molecule has 0 unspecified atom stereocenters. The number of rotatable bonds is 2. The molecule has 2 saturated carbocycles. The highest BCUT2D eigenvalue weighted by Crippen LogP contribution is 2.68. The second-order valence-electron chi connectivity index (χ2n) is 6.08. The maximum atomic E-state index is 11.0. The highest BCUT2D eigenvalue weighted by Gasteiger charge is 2.63. The zero-order chi connectivity index (χ0) is 11.4. The number of carboxylic acids is 1. The number of nitrogens with two attached hydrogens (primary N) is 1. The number of carboxylic acid groups (broad SMARTS) is 1. The summed E-state index contributed by atoms with van der Waals surface area (Å²) >= 11 is 0. The highest BCUT2D eigenvalue weighted by atomic mass is 16.4. The van der Waals surface area contributed by atoms with Gasteiger partial charge in [0.1, 0.15) is 6.04 Å². The minimum Gasteiger partial charge on any atom is -0.480 e. The quantitative estimate of drug-likeness (QED) is 0.732. The van der Waals surface area contributed by atoms with Crippen molar-refractivity contribution in [3.8, 4) is 0 Å². The lowest BCUT2D eigenvalue weighted by atomic mass is 9.65. The van der Waals surface area contributed by atoms with Crippen LogP contribution >= 0.6 is 0 Å². The largest absolute Gasteiger partial charge is 0.480 e. The van der Waals surface area contributed by atoms with Gasteiger partial charge in [0.05, 0.1) is 0 Å². The molecule has 0 aromatic carbocycles. The predicted octanol–water partition coefficient (Wildman–Crippen LogP) is 1.86. The molecule has 2 fully saturated rings. The smallest absolute Gasteiger partial charge is 0.320 e. The Morgan fingerprint density at radius 3 is 2.40 bits per heavy atom. The molecule has 3 nitrogen and oxygen atoms in total. The molecule has 86 valence electrons. The molecule has 0 radical (unpaired) electrons. The summed E-state index contributed by atoms with van der Waals surface area (Å²) in [6.45, 7) is 6.78. The number of fused-ring (bicyclic) bond motifs is 2. The van der Waals surface area contributed by atoms with Crippen molar-refractivity contribution in [3.63, 3.8) is 0 Å². The first-order chi connectivity index (χ1) is 6.80. The molecule has 0 saturated heterocycles. The van der Waals surface area contributed by atoms with Crippen LogP contribution < -0.4 is 5.73 Å². The summed E-state index contributed by atoms with van der Waals surface area (Å²) < 4.78 is 0. The standard InChI is InChI=1S/C12H21NO2/c1-11(2)7-4-5-12(11,3)8(6-7)9(13)10(14)15/h7-9H,4-6,13H2,1-3H3,(H,14,15)/t7-,8-,9-,12+/m0/s1. The van der Waals surface area contributed by atoms with Gasteiger partial charge in [-0.2, -0.15) is 0 Å². The van der Waals surface area contributed by atoms with Crippen molar-refractivity contribution in [2.24, 2.45) is 28.4 Å². The zero-order valence-electron chi connectivity index (χ0n) is 9.79. The second kappa shape index (κ2) is 2.97. The van der Waals surface area contributed by atoms with E-state index in [1.807, 2.05) is 0 Å². The van der Waals surface area contributed by atoms with Gasteiger partial charge in [-0.1, -0.05) is 20.8 Å².